The largest absolute Gasteiger partial charge is 0.496 e. The van der Waals surface area contributed by atoms with Gasteiger partial charge in [0.05, 0.1) is 7.11 Å². The van der Waals surface area contributed by atoms with Crippen molar-refractivity contribution in [3.63, 3.8) is 0 Å². The van der Waals surface area contributed by atoms with Crippen LogP contribution in [0.3, 0.4) is 0 Å². The minimum absolute atomic E-state index is 0. The molecule has 1 heterocycles. The predicted molar refractivity (Wildman–Crippen MR) is 133 cm³/mol. The third-order valence-electron chi connectivity index (χ3n) is 7.00. The molecule has 7 heteroatoms. The second-order valence-electron chi connectivity index (χ2n) is 8.60. The smallest absolute Gasteiger partial charge is 0.122 e. The summed E-state index contributed by atoms with van der Waals surface area (Å²) < 4.78 is 5.58. The Labute approximate surface area is 201 Å². The SMILES string of the molecule is COc1cccc2c1CCCC2NCCN1CCN(C2CCCCC2)CC1.Cl.Cl.Cl. The Morgan fingerprint density at radius 2 is 1.67 bits per heavy atom. The Bertz CT molecular complexity index is 605. The first-order valence-electron chi connectivity index (χ1n) is 11.2. The first kappa shape index (κ1) is 27.8. The summed E-state index contributed by atoms with van der Waals surface area (Å²) in [4.78, 5) is 5.42. The van der Waals surface area contributed by atoms with E-state index in [-0.39, 0.29) is 37.2 Å². The van der Waals surface area contributed by atoms with Crippen LogP contribution in [-0.2, 0) is 6.42 Å². The van der Waals surface area contributed by atoms with Gasteiger partial charge in [-0.05, 0) is 49.3 Å². The summed E-state index contributed by atoms with van der Waals surface area (Å²) in [6.45, 7) is 7.29. The molecule has 4 nitrogen and oxygen atoms in total. The Kier molecular flexibility index (Phi) is 13.0. The molecule has 2 fully saturated rings. The molecular formula is C23H40Cl3N3O. The summed E-state index contributed by atoms with van der Waals surface area (Å²) in [7, 11) is 1.79. The van der Waals surface area contributed by atoms with Gasteiger partial charge in [0.2, 0.25) is 0 Å². The van der Waals surface area contributed by atoms with E-state index < -0.39 is 0 Å². The first-order valence-corrected chi connectivity index (χ1v) is 11.2. The molecule has 0 spiro atoms. The molecule has 0 radical (unpaired) electrons. The van der Waals surface area contributed by atoms with Crippen LogP contribution in [-0.4, -0.2) is 62.2 Å². The standard InChI is InChI=1S/C23H37N3O.3ClH/c1-27-23-12-6-9-20-21(23)10-5-11-22(20)24-13-14-25-15-17-26(18-16-25)19-7-3-2-4-8-19;;;/h6,9,12,19,22,24H,2-5,7-8,10-11,13-18H2,1H3;3*1H. The van der Waals surface area contributed by atoms with E-state index in [0.717, 1.165) is 24.8 Å². The molecule has 0 bridgehead atoms. The fraction of sp³-hybridized carbons (Fsp3) is 0.739. The van der Waals surface area contributed by atoms with Crippen molar-refractivity contribution in [1.29, 1.82) is 0 Å². The highest BCUT2D eigenvalue weighted by molar-refractivity contribution is 5.86. The van der Waals surface area contributed by atoms with Crippen LogP contribution in [0.25, 0.3) is 0 Å². The van der Waals surface area contributed by atoms with E-state index >= 15 is 0 Å². The summed E-state index contributed by atoms with van der Waals surface area (Å²) in [5, 5.41) is 3.84. The van der Waals surface area contributed by atoms with Gasteiger partial charge < -0.3 is 10.1 Å². The number of nitrogens with one attached hydrogen (secondary N) is 1. The number of fused-ring (bicyclic) bond motifs is 1. The molecule has 1 atom stereocenters. The van der Waals surface area contributed by atoms with Crippen molar-refractivity contribution in [1.82, 2.24) is 15.1 Å². The quantitative estimate of drug-likeness (QED) is 0.628. The third kappa shape index (κ3) is 6.88. The predicted octanol–water partition coefficient (Wildman–Crippen LogP) is 4.88. The molecule has 1 N–H and O–H groups in total. The van der Waals surface area contributed by atoms with E-state index in [4.69, 9.17) is 4.74 Å². The van der Waals surface area contributed by atoms with Crippen LogP contribution in [0.4, 0.5) is 0 Å². The molecule has 1 unspecified atom stereocenters. The van der Waals surface area contributed by atoms with Crippen LogP contribution in [0.15, 0.2) is 18.2 Å². The molecule has 1 saturated carbocycles. The molecule has 0 aromatic heterocycles. The number of hydrogen-bond acceptors (Lipinski definition) is 4. The highest BCUT2D eigenvalue weighted by Gasteiger charge is 2.26. The average Bonchev–Trinajstić information content (AvgIpc) is 2.74. The van der Waals surface area contributed by atoms with Crippen LogP contribution in [0.5, 0.6) is 5.75 Å². The van der Waals surface area contributed by atoms with Gasteiger partial charge in [-0.2, -0.15) is 0 Å². The third-order valence-corrected chi connectivity index (χ3v) is 7.00. The number of nitrogens with zero attached hydrogens (tertiary/aromatic N) is 2. The Hall–Kier alpha value is -0.230. The van der Waals surface area contributed by atoms with Crippen molar-refractivity contribution in [3.8, 4) is 5.75 Å². The van der Waals surface area contributed by atoms with Gasteiger partial charge in [0.25, 0.3) is 0 Å². The number of methoxy groups -OCH3 is 1. The zero-order valence-corrected chi connectivity index (χ0v) is 20.8. The fourth-order valence-electron chi connectivity index (χ4n) is 5.41. The van der Waals surface area contributed by atoms with Gasteiger partial charge in [0, 0.05) is 51.4 Å². The van der Waals surface area contributed by atoms with E-state index in [1.54, 1.807) is 7.11 Å². The maximum absolute atomic E-state index is 5.58. The summed E-state index contributed by atoms with van der Waals surface area (Å²) in [5.74, 6) is 1.07. The lowest BCUT2D eigenvalue weighted by molar-refractivity contribution is 0.0790. The van der Waals surface area contributed by atoms with Gasteiger partial charge >= 0.3 is 0 Å². The van der Waals surface area contributed by atoms with Crippen molar-refractivity contribution >= 4 is 37.2 Å². The molecule has 1 aliphatic heterocycles. The average molecular weight is 481 g/mol. The van der Waals surface area contributed by atoms with Gasteiger partial charge in [-0.25, -0.2) is 0 Å². The summed E-state index contributed by atoms with van der Waals surface area (Å²) in [6, 6.07) is 7.91. The van der Waals surface area contributed by atoms with Gasteiger partial charge in [0.1, 0.15) is 5.75 Å². The van der Waals surface area contributed by atoms with Crippen molar-refractivity contribution in [2.45, 2.75) is 63.5 Å². The van der Waals surface area contributed by atoms with Gasteiger partial charge in [-0.1, -0.05) is 31.4 Å². The van der Waals surface area contributed by atoms with Gasteiger partial charge in [-0.3, -0.25) is 9.80 Å². The van der Waals surface area contributed by atoms with Gasteiger partial charge in [-0.15, -0.1) is 37.2 Å². The minimum atomic E-state index is 0. The monoisotopic (exact) mass is 479 g/mol. The van der Waals surface area contributed by atoms with Crippen LogP contribution in [0.1, 0.15) is 62.1 Å². The maximum atomic E-state index is 5.58. The topological polar surface area (TPSA) is 27.7 Å². The number of benzene rings is 1. The number of hydrogen-bond donors (Lipinski definition) is 1. The number of ether oxygens (including phenoxy) is 1. The number of piperazine rings is 1. The molecule has 0 amide bonds. The molecule has 3 aliphatic rings. The second kappa shape index (κ2) is 14.0. The Morgan fingerprint density at radius 3 is 2.37 bits per heavy atom. The van der Waals surface area contributed by atoms with Crippen molar-refractivity contribution in [2.75, 3.05) is 46.4 Å². The van der Waals surface area contributed by atoms with Gasteiger partial charge in [0.15, 0.2) is 0 Å². The summed E-state index contributed by atoms with van der Waals surface area (Å²) in [6.07, 6.45) is 10.9. The van der Waals surface area contributed by atoms with Crippen molar-refractivity contribution in [3.05, 3.63) is 29.3 Å². The van der Waals surface area contributed by atoms with E-state index in [1.165, 1.54) is 88.8 Å². The minimum Gasteiger partial charge on any atom is -0.496 e. The molecule has 30 heavy (non-hydrogen) atoms. The Balaban J connectivity index is 0.00000150. The van der Waals surface area contributed by atoms with Crippen LogP contribution in [0, 0.1) is 0 Å². The zero-order chi connectivity index (χ0) is 18.5. The lowest BCUT2D eigenvalue weighted by Crippen LogP contribution is -2.51. The normalized spacial score (nSPS) is 22.8. The van der Waals surface area contributed by atoms with Crippen LogP contribution < -0.4 is 10.1 Å². The lowest BCUT2D eigenvalue weighted by atomic mass is 9.87. The van der Waals surface area contributed by atoms with Crippen LogP contribution >= 0.6 is 37.2 Å². The van der Waals surface area contributed by atoms with Crippen LogP contribution in [0.2, 0.25) is 0 Å². The number of halogens is 3. The zero-order valence-electron chi connectivity index (χ0n) is 18.3. The lowest BCUT2D eigenvalue weighted by Gasteiger charge is -2.41. The molecule has 174 valence electrons. The molecule has 4 rings (SSSR count). The highest BCUT2D eigenvalue weighted by atomic mass is 35.5. The highest BCUT2D eigenvalue weighted by Crippen LogP contribution is 2.35. The molecule has 1 saturated heterocycles. The molecular weight excluding hydrogens is 441 g/mol. The summed E-state index contributed by atoms with van der Waals surface area (Å²) in [5.41, 5.74) is 2.88. The van der Waals surface area contributed by atoms with E-state index in [2.05, 4.69) is 33.3 Å². The number of rotatable bonds is 6. The molecule has 2 aliphatic carbocycles. The second-order valence-corrected chi connectivity index (χ2v) is 8.60. The molecule has 1 aromatic rings. The summed E-state index contributed by atoms with van der Waals surface area (Å²) >= 11 is 0. The fourth-order valence-corrected chi connectivity index (χ4v) is 5.41. The first-order chi connectivity index (χ1) is 13.3. The van der Waals surface area contributed by atoms with Crippen molar-refractivity contribution < 1.29 is 4.74 Å². The molecule has 1 aromatic carbocycles. The van der Waals surface area contributed by atoms with E-state index in [9.17, 15) is 0 Å². The van der Waals surface area contributed by atoms with E-state index in [0.29, 0.717) is 6.04 Å². The van der Waals surface area contributed by atoms with Crippen molar-refractivity contribution in [2.24, 2.45) is 0 Å². The maximum Gasteiger partial charge on any atom is 0.122 e. The Morgan fingerprint density at radius 1 is 0.933 bits per heavy atom. The van der Waals surface area contributed by atoms with E-state index in [1.807, 2.05) is 0 Å².